The standard InChI is InChI=1S/C11H17ClN2/c12-11(10(14)7-4-8-13)9-5-2-1-3-6-9/h1-3,5-6,10-11H,4,7-8,13-14H2. The van der Waals surface area contributed by atoms with E-state index in [1.807, 2.05) is 30.3 Å². The fourth-order valence-electron chi connectivity index (χ4n) is 1.38. The van der Waals surface area contributed by atoms with Crippen molar-refractivity contribution in [2.24, 2.45) is 11.5 Å². The summed E-state index contributed by atoms with van der Waals surface area (Å²) in [5.74, 6) is 0. The molecule has 0 radical (unpaired) electrons. The molecule has 0 aliphatic heterocycles. The summed E-state index contributed by atoms with van der Waals surface area (Å²) >= 11 is 6.23. The zero-order valence-electron chi connectivity index (χ0n) is 8.20. The topological polar surface area (TPSA) is 52.0 Å². The van der Waals surface area contributed by atoms with Crippen molar-refractivity contribution in [2.45, 2.75) is 24.3 Å². The van der Waals surface area contributed by atoms with Gasteiger partial charge in [-0.05, 0) is 24.9 Å². The van der Waals surface area contributed by atoms with Crippen molar-refractivity contribution in [1.82, 2.24) is 0 Å². The van der Waals surface area contributed by atoms with E-state index in [0.29, 0.717) is 6.54 Å². The van der Waals surface area contributed by atoms with Crippen LogP contribution < -0.4 is 11.5 Å². The molecule has 2 unspecified atom stereocenters. The van der Waals surface area contributed by atoms with Crippen molar-refractivity contribution in [3.8, 4) is 0 Å². The maximum Gasteiger partial charge on any atom is 0.0736 e. The SMILES string of the molecule is NCCCC(N)C(Cl)c1ccccc1. The van der Waals surface area contributed by atoms with E-state index in [9.17, 15) is 0 Å². The molecule has 0 fully saturated rings. The van der Waals surface area contributed by atoms with Crippen LogP contribution in [0.5, 0.6) is 0 Å². The lowest BCUT2D eigenvalue weighted by molar-refractivity contribution is 0.572. The first-order chi connectivity index (χ1) is 6.75. The molecule has 0 saturated heterocycles. The van der Waals surface area contributed by atoms with Crippen LogP contribution in [0.25, 0.3) is 0 Å². The first kappa shape index (κ1) is 11.5. The van der Waals surface area contributed by atoms with E-state index < -0.39 is 0 Å². The van der Waals surface area contributed by atoms with Gasteiger partial charge in [-0.3, -0.25) is 0 Å². The maximum absolute atomic E-state index is 6.23. The van der Waals surface area contributed by atoms with Gasteiger partial charge in [0.25, 0.3) is 0 Å². The van der Waals surface area contributed by atoms with Crippen LogP contribution in [0.4, 0.5) is 0 Å². The van der Waals surface area contributed by atoms with E-state index in [1.54, 1.807) is 0 Å². The highest BCUT2D eigenvalue weighted by atomic mass is 35.5. The fourth-order valence-corrected chi connectivity index (χ4v) is 1.66. The molecule has 78 valence electrons. The Kier molecular flexibility index (Phi) is 4.94. The summed E-state index contributed by atoms with van der Waals surface area (Å²) in [7, 11) is 0. The van der Waals surface area contributed by atoms with Crippen molar-refractivity contribution in [3.05, 3.63) is 35.9 Å². The second-order valence-corrected chi connectivity index (χ2v) is 3.88. The quantitative estimate of drug-likeness (QED) is 0.734. The molecule has 0 aromatic heterocycles. The van der Waals surface area contributed by atoms with Gasteiger partial charge in [-0.1, -0.05) is 30.3 Å². The highest BCUT2D eigenvalue weighted by Gasteiger charge is 2.15. The van der Waals surface area contributed by atoms with Crippen molar-refractivity contribution in [1.29, 1.82) is 0 Å². The molecule has 1 aromatic rings. The molecule has 0 aliphatic rings. The molecular formula is C11H17ClN2. The van der Waals surface area contributed by atoms with Crippen molar-refractivity contribution < 1.29 is 0 Å². The Morgan fingerprint density at radius 2 is 1.86 bits per heavy atom. The molecule has 2 atom stereocenters. The van der Waals surface area contributed by atoms with Gasteiger partial charge < -0.3 is 11.5 Å². The predicted molar refractivity (Wildman–Crippen MR) is 61.3 cm³/mol. The van der Waals surface area contributed by atoms with Crippen LogP contribution in [-0.4, -0.2) is 12.6 Å². The van der Waals surface area contributed by atoms with Gasteiger partial charge in [0.2, 0.25) is 0 Å². The van der Waals surface area contributed by atoms with Crippen LogP contribution in [0.15, 0.2) is 30.3 Å². The number of benzene rings is 1. The van der Waals surface area contributed by atoms with Gasteiger partial charge in [0, 0.05) is 6.04 Å². The second kappa shape index (κ2) is 6.02. The van der Waals surface area contributed by atoms with Crippen molar-refractivity contribution in [3.63, 3.8) is 0 Å². The summed E-state index contributed by atoms with van der Waals surface area (Å²) in [6, 6.07) is 9.90. The monoisotopic (exact) mass is 212 g/mol. The van der Waals surface area contributed by atoms with Crippen LogP contribution in [0.3, 0.4) is 0 Å². The van der Waals surface area contributed by atoms with Crippen LogP contribution in [0.2, 0.25) is 0 Å². The Morgan fingerprint density at radius 3 is 2.43 bits per heavy atom. The normalized spacial score (nSPS) is 15.1. The molecule has 0 heterocycles. The molecule has 14 heavy (non-hydrogen) atoms. The largest absolute Gasteiger partial charge is 0.330 e. The minimum absolute atomic E-state index is 0.0115. The van der Waals surface area contributed by atoms with Gasteiger partial charge >= 0.3 is 0 Å². The van der Waals surface area contributed by atoms with E-state index in [-0.39, 0.29) is 11.4 Å². The summed E-state index contributed by atoms with van der Waals surface area (Å²) in [5.41, 5.74) is 12.4. The number of halogens is 1. The number of hydrogen-bond donors (Lipinski definition) is 2. The van der Waals surface area contributed by atoms with Crippen molar-refractivity contribution >= 4 is 11.6 Å². The van der Waals surface area contributed by atoms with E-state index >= 15 is 0 Å². The van der Waals surface area contributed by atoms with Crippen LogP contribution in [-0.2, 0) is 0 Å². The van der Waals surface area contributed by atoms with E-state index in [1.165, 1.54) is 0 Å². The van der Waals surface area contributed by atoms with Gasteiger partial charge in [0.15, 0.2) is 0 Å². The third-order valence-electron chi connectivity index (χ3n) is 2.24. The molecule has 3 heteroatoms. The average Bonchev–Trinajstić information content (AvgIpc) is 2.26. The lowest BCUT2D eigenvalue weighted by atomic mass is 10.0. The Labute approximate surface area is 90.2 Å². The van der Waals surface area contributed by atoms with E-state index in [0.717, 1.165) is 18.4 Å². The van der Waals surface area contributed by atoms with Crippen molar-refractivity contribution in [2.75, 3.05) is 6.54 Å². The minimum atomic E-state index is -0.109. The third kappa shape index (κ3) is 3.29. The fraction of sp³-hybridized carbons (Fsp3) is 0.455. The van der Waals surface area contributed by atoms with Crippen LogP contribution in [0.1, 0.15) is 23.8 Å². The van der Waals surface area contributed by atoms with Crippen LogP contribution >= 0.6 is 11.6 Å². The average molecular weight is 213 g/mol. The molecule has 2 nitrogen and oxygen atoms in total. The van der Waals surface area contributed by atoms with Gasteiger partial charge in [-0.15, -0.1) is 11.6 Å². The zero-order chi connectivity index (χ0) is 10.4. The minimum Gasteiger partial charge on any atom is -0.330 e. The number of alkyl halides is 1. The highest BCUT2D eigenvalue weighted by molar-refractivity contribution is 6.21. The summed E-state index contributed by atoms with van der Waals surface area (Å²) in [6.45, 7) is 0.673. The third-order valence-corrected chi connectivity index (χ3v) is 2.81. The van der Waals surface area contributed by atoms with Gasteiger partial charge in [0.05, 0.1) is 5.38 Å². The second-order valence-electron chi connectivity index (χ2n) is 3.41. The summed E-state index contributed by atoms with van der Waals surface area (Å²) < 4.78 is 0. The highest BCUT2D eigenvalue weighted by Crippen LogP contribution is 2.24. The predicted octanol–water partition coefficient (Wildman–Crippen LogP) is 2.03. The summed E-state index contributed by atoms with van der Waals surface area (Å²) in [4.78, 5) is 0. The number of rotatable bonds is 5. The van der Waals surface area contributed by atoms with Gasteiger partial charge in [-0.2, -0.15) is 0 Å². The number of nitrogens with two attached hydrogens (primary N) is 2. The Bertz CT molecular complexity index is 251. The molecule has 1 rings (SSSR count). The maximum atomic E-state index is 6.23. The molecule has 0 spiro atoms. The molecule has 1 aromatic carbocycles. The first-order valence-corrected chi connectivity index (χ1v) is 5.34. The molecule has 4 N–H and O–H groups in total. The zero-order valence-corrected chi connectivity index (χ0v) is 8.95. The lowest BCUT2D eigenvalue weighted by Crippen LogP contribution is -2.26. The summed E-state index contributed by atoms with van der Waals surface area (Å²) in [6.07, 6.45) is 1.80. The summed E-state index contributed by atoms with van der Waals surface area (Å²) in [5, 5.41) is -0.109. The molecule has 0 aliphatic carbocycles. The van der Waals surface area contributed by atoms with E-state index in [4.69, 9.17) is 23.1 Å². The molecule has 0 saturated carbocycles. The van der Waals surface area contributed by atoms with Gasteiger partial charge in [0.1, 0.15) is 0 Å². The van der Waals surface area contributed by atoms with Gasteiger partial charge in [-0.25, -0.2) is 0 Å². The van der Waals surface area contributed by atoms with E-state index in [2.05, 4.69) is 0 Å². The Balaban J connectivity index is 2.52. The lowest BCUT2D eigenvalue weighted by Gasteiger charge is -2.17. The smallest absolute Gasteiger partial charge is 0.0736 e. The molecule has 0 amide bonds. The first-order valence-electron chi connectivity index (χ1n) is 4.90. The Hall–Kier alpha value is -0.570. The Morgan fingerprint density at radius 1 is 1.21 bits per heavy atom. The molecule has 0 bridgehead atoms. The number of hydrogen-bond acceptors (Lipinski definition) is 2. The molecular weight excluding hydrogens is 196 g/mol. The van der Waals surface area contributed by atoms with Crippen LogP contribution in [0, 0.1) is 0 Å².